The number of aliphatic hydroxyl groups excluding tert-OH is 2. The summed E-state index contributed by atoms with van der Waals surface area (Å²) in [4.78, 5) is 4.11. The van der Waals surface area contributed by atoms with Crippen molar-refractivity contribution in [2.75, 3.05) is 82.8 Å². The van der Waals surface area contributed by atoms with Crippen molar-refractivity contribution in [2.45, 2.75) is 5.03 Å². The second-order valence-corrected chi connectivity index (χ2v) is 10.3. The van der Waals surface area contributed by atoms with E-state index in [4.69, 9.17) is 31.2 Å². The van der Waals surface area contributed by atoms with Crippen molar-refractivity contribution in [2.24, 2.45) is 17.2 Å². The maximum absolute atomic E-state index is 8.49. The average Bonchev–Trinajstić information content (AvgIpc) is 2.82. The van der Waals surface area contributed by atoms with Gasteiger partial charge in [0.25, 0.3) is 0 Å². The topological polar surface area (TPSA) is 150 Å². The summed E-state index contributed by atoms with van der Waals surface area (Å²) >= 11 is 3.93. The third kappa shape index (κ3) is 41.2. The van der Waals surface area contributed by atoms with Crippen molar-refractivity contribution in [3.05, 3.63) is 24.4 Å². The van der Waals surface area contributed by atoms with E-state index in [1.54, 1.807) is 49.4 Å². The molecule has 0 aliphatic rings. The molecule has 1 aromatic heterocycles. The van der Waals surface area contributed by atoms with Crippen LogP contribution in [0.3, 0.4) is 0 Å². The molecule has 0 bridgehead atoms. The molecule has 14 heteroatoms. The minimum atomic E-state index is 0. The number of hydrogen-bond acceptors (Lipinski definition) is 13. The van der Waals surface area contributed by atoms with E-state index < -0.39 is 0 Å². The SMILES string of the molecule is CN.Cl.NCCOCCS.NCCOCCSSCCO.OCCSSc1ccccn1. The molecule has 0 aliphatic carbocycles. The van der Waals surface area contributed by atoms with E-state index in [1.165, 1.54) is 7.05 Å². The largest absolute Gasteiger partial charge is 0.395 e. The third-order valence-corrected chi connectivity index (χ3v) is 7.06. The molecule has 0 amide bonds. The van der Waals surface area contributed by atoms with Gasteiger partial charge in [0.05, 0.1) is 39.6 Å². The Labute approximate surface area is 221 Å². The number of pyridine rings is 1. The van der Waals surface area contributed by atoms with Crippen LogP contribution in [0, 0.1) is 0 Å². The summed E-state index contributed by atoms with van der Waals surface area (Å²) in [6.45, 7) is 4.43. The van der Waals surface area contributed by atoms with Crippen molar-refractivity contribution in [3.63, 3.8) is 0 Å². The maximum Gasteiger partial charge on any atom is 0.106 e. The molecule has 8 N–H and O–H groups in total. The van der Waals surface area contributed by atoms with Gasteiger partial charge in [0, 0.05) is 42.3 Å². The molecular formula is C18H41ClN4O4S5. The van der Waals surface area contributed by atoms with E-state index >= 15 is 0 Å². The minimum absolute atomic E-state index is 0. The fourth-order valence-corrected chi connectivity index (χ4v) is 4.63. The summed E-state index contributed by atoms with van der Waals surface area (Å²) in [7, 11) is 8.09. The predicted octanol–water partition coefficient (Wildman–Crippen LogP) is 2.04. The van der Waals surface area contributed by atoms with Gasteiger partial charge < -0.3 is 36.9 Å². The number of halogens is 1. The van der Waals surface area contributed by atoms with Gasteiger partial charge in [-0.05, 0) is 30.0 Å². The van der Waals surface area contributed by atoms with E-state index in [-0.39, 0.29) is 25.6 Å². The third-order valence-electron chi connectivity index (χ3n) is 2.29. The Morgan fingerprint density at radius 3 is 1.94 bits per heavy atom. The van der Waals surface area contributed by atoms with Crippen LogP contribution < -0.4 is 17.2 Å². The van der Waals surface area contributed by atoms with E-state index in [1.807, 2.05) is 18.2 Å². The number of rotatable bonds is 16. The molecule has 0 aromatic carbocycles. The van der Waals surface area contributed by atoms with Gasteiger partial charge in [0.2, 0.25) is 0 Å². The summed E-state index contributed by atoms with van der Waals surface area (Å²) in [5.74, 6) is 3.29. The van der Waals surface area contributed by atoms with E-state index in [0.717, 1.165) is 34.6 Å². The highest BCUT2D eigenvalue weighted by atomic mass is 35.5. The fourth-order valence-electron chi connectivity index (χ4n) is 1.22. The van der Waals surface area contributed by atoms with Crippen LogP contribution in [0.4, 0.5) is 0 Å². The van der Waals surface area contributed by atoms with Gasteiger partial charge >= 0.3 is 0 Å². The lowest BCUT2D eigenvalue weighted by atomic mass is 10.5. The molecule has 1 aromatic rings. The minimum Gasteiger partial charge on any atom is -0.395 e. The highest BCUT2D eigenvalue weighted by molar-refractivity contribution is 8.77. The van der Waals surface area contributed by atoms with Crippen LogP contribution in [-0.4, -0.2) is 98.0 Å². The highest BCUT2D eigenvalue weighted by Gasteiger charge is 1.92. The summed E-state index contributed by atoms with van der Waals surface area (Å²) < 4.78 is 10.1. The molecule has 32 heavy (non-hydrogen) atoms. The quantitative estimate of drug-likeness (QED) is 0.0977. The fraction of sp³-hybridized carbons (Fsp3) is 0.722. The predicted molar refractivity (Wildman–Crippen MR) is 153 cm³/mol. The summed E-state index contributed by atoms with van der Waals surface area (Å²) in [5, 5.41) is 17.9. The molecule has 0 radical (unpaired) electrons. The summed E-state index contributed by atoms with van der Waals surface area (Å²) in [5.41, 5.74) is 14.8. The average molecular weight is 573 g/mol. The Balaban J connectivity index is -0.000000178. The molecule has 194 valence electrons. The zero-order valence-corrected chi connectivity index (χ0v) is 23.7. The first-order valence-electron chi connectivity index (χ1n) is 9.67. The summed E-state index contributed by atoms with van der Waals surface area (Å²) in [6.07, 6.45) is 1.77. The molecule has 0 unspecified atom stereocenters. The summed E-state index contributed by atoms with van der Waals surface area (Å²) in [6, 6.07) is 5.80. The van der Waals surface area contributed by atoms with Gasteiger partial charge in [-0.1, -0.05) is 38.4 Å². The molecule has 0 saturated carbocycles. The van der Waals surface area contributed by atoms with Gasteiger partial charge in [0.1, 0.15) is 5.03 Å². The number of nitrogens with two attached hydrogens (primary N) is 3. The lowest BCUT2D eigenvalue weighted by Crippen LogP contribution is -2.09. The number of hydrogen-bond donors (Lipinski definition) is 6. The first-order chi connectivity index (χ1) is 15.3. The van der Waals surface area contributed by atoms with Crippen molar-refractivity contribution in [3.8, 4) is 0 Å². The van der Waals surface area contributed by atoms with Crippen LogP contribution in [0.5, 0.6) is 0 Å². The molecule has 0 saturated heterocycles. The second kappa shape index (κ2) is 42.1. The molecule has 1 heterocycles. The van der Waals surface area contributed by atoms with Gasteiger partial charge in [0.15, 0.2) is 0 Å². The van der Waals surface area contributed by atoms with E-state index in [2.05, 4.69) is 23.3 Å². The van der Waals surface area contributed by atoms with Crippen LogP contribution in [-0.2, 0) is 9.47 Å². The standard InChI is InChI=1S/C7H9NOS2.C6H15NO2S2.C4H11NOS.CH5N.ClH/c9-5-6-10-11-7-3-1-2-4-8-7;7-1-3-9-4-6-11-10-5-2-8;5-1-2-6-3-4-7;1-2;/h1-4,9H,5-6H2;8H,1-7H2;7H,1-5H2;2H2,1H3;1H. The van der Waals surface area contributed by atoms with Gasteiger partial charge in [-0.15, -0.1) is 12.4 Å². The zero-order valence-electron chi connectivity index (χ0n) is 18.7. The molecule has 0 atom stereocenters. The molecule has 0 aliphatic heterocycles. The molecule has 0 spiro atoms. The number of thiol groups is 1. The molecule has 0 fully saturated rings. The van der Waals surface area contributed by atoms with Crippen LogP contribution in [0.2, 0.25) is 0 Å². The van der Waals surface area contributed by atoms with Crippen molar-refractivity contribution in [1.29, 1.82) is 0 Å². The smallest absolute Gasteiger partial charge is 0.106 e. The lowest BCUT2D eigenvalue weighted by Gasteiger charge is -2.00. The van der Waals surface area contributed by atoms with Crippen molar-refractivity contribution >= 4 is 68.2 Å². The monoisotopic (exact) mass is 572 g/mol. The van der Waals surface area contributed by atoms with Crippen molar-refractivity contribution in [1.82, 2.24) is 4.98 Å². The maximum atomic E-state index is 8.49. The normalized spacial score (nSPS) is 9.22. The van der Waals surface area contributed by atoms with E-state index in [0.29, 0.717) is 32.9 Å². The molecular weight excluding hydrogens is 532 g/mol. The van der Waals surface area contributed by atoms with Gasteiger partial charge in [-0.2, -0.15) is 12.6 Å². The number of aromatic nitrogens is 1. The Morgan fingerprint density at radius 2 is 1.44 bits per heavy atom. The Morgan fingerprint density at radius 1 is 0.875 bits per heavy atom. The first kappa shape index (κ1) is 40.1. The Bertz CT molecular complexity index is 399. The second-order valence-electron chi connectivity index (χ2n) is 4.69. The van der Waals surface area contributed by atoms with E-state index in [9.17, 15) is 0 Å². The number of aliphatic hydroxyl groups is 2. The van der Waals surface area contributed by atoms with Crippen LogP contribution in [0.25, 0.3) is 0 Å². The zero-order chi connectivity index (χ0) is 23.8. The van der Waals surface area contributed by atoms with Gasteiger partial charge in [-0.3, -0.25) is 0 Å². The first-order valence-corrected chi connectivity index (χ1v) is 15.1. The Hall–Kier alpha value is 0.910. The molecule has 8 nitrogen and oxygen atoms in total. The number of ether oxygens (including phenoxy) is 2. The lowest BCUT2D eigenvalue weighted by molar-refractivity contribution is 0.158. The number of nitrogens with zero attached hydrogens (tertiary/aromatic N) is 1. The van der Waals surface area contributed by atoms with Crippen LogP contribution in [0.15, 0.2) is 29.4 Å². The molecule has 1 rings (SSSR count). The van der Waals surface area contributed by atoms with Crippen LogP contribution >= 0.6 is 68.2 Å². The highest BCUT2D eigenvalue weighted by Crippen LogP contribution is 2.28. The van der Waals surface area contributed by atoms with Gasteiger partial charge in [-0.25, -0.2) is 4.98 Å². The van der Waals surface area contributed by atoms with Crippen LogP contribution in [0.1, 0.15) is 0 Å². The Kier molecular flexibility index (Phi) is 52.8. The van der Waals surface area contributed by atoms with Crippen molar-refractivity contribution < 1.29 is 19.7 Å².